The second-order valence-electron chi connectivity index (χ2n) is 3.75. The fourth-order valence-electron chi connectivity index (χ4n) is 1.31. The molecule has 0 saturated carbocycles. The number of benzene rings is 1. The molecule has 0 nitrogen and oxygen atoms in total. The molecule has 0 aliphatic heterocycles. The minimum absolute atomic E-state index is 0.218. The maximum Gasteiger partial charge on any atom is 0.132 e. The molecule has 0 amide bonds. The summed E-state index contributed by atoms with van der Waals surface area (Å²) < 4.78 is 26.5. The molecule has 0 aliphatic rings. The van der Waals surface area contributed by atoms with Crippen LogP contribution in [-0.4, -0.2) is 0 Å². The SMILES string of the molecule is Cc1ccc(F)c(CC(C)C)c1F. The van der Waals surface area contributed by atoms with Crippen LogP contribution < -0.4 is 0 Å². The van der Waals surface area contributed by atoms with Crippen molar-refractivity contribution in [2.24, 2.45) is 5.92 Å². The van der Waals surface area contributed by atoms with Gasteiger partial charge in [-0.15, -0.1) is 0 Å². The van der Waals surface area contributed by atoms with Gasteiger partial charge < -0.3 is 0 Å². The van der Waals surface area contributed by atoms with Crippen molar-refractivity contribution in [1.82, 2.24) is 0 Å². The normalized spacial score (nSPS) is 10.9. The van der Waals surface area contributed by atoms with E-state index in [0.717, 1.165) is 0 Å². The molecular formula is C11H14F2. The van der Waals surface area contributed by atoms with E-state index in [1.165, 1.54) is 12.1 Å². The number of hydrogen-bond donors (Lipinski definition) is 0. The molecule has 0 aliphatic carbocycles. The van der Waals surface area contributed by atoms with Crippen LogP contribution in [0.5, 0.6) is 0 Å². The van der Waals surface area contributed by atoms with Crippen molar-refractivity contribution in [1.29, 1.82) is 0 Å². The van der Waals surface area contributed by atoms with E-state index in [0.29, 0.717) is 12.0 Å². The highest BCUT2D eigenvalue weighted by Crippen LogP contribution is 2.19. The monoisotopic (exact) mass is 184 g/mol. The quantitative estimate of drug-likeness (QED) is 0.660. The highest BCUT2D eigenvalue weighted by atomic mass is 19.1. The van der Waals surface area contributed by atoms with Crippen molar-refractivity contribution in [3.8, 4) is 0 Å². The van der Waals surface area contributed by atoms with Crippen LogP contribution in [0.4, 0.5) is 8.78 Å². The Morgan fingerprint density at radius 2 is 1.85 bits per heavy atom. The lowest BCUT2D eigenvalue weighted by atomic mass is 10.00. The molecule has 0 saturated heterocycles. The topological polar surface area (TPSA) is 0 Å². The predicted molar refractivity (Wildman–Crippen MR) is 49.6 cm³/mol. The van der Waals surface area contributed by atoms with Gasteiger partial charge in [0.05, 0.1) is 0 Å². The second kappa shape index (κ2) is 3.86. The Labute approximate surface area is 77.6 Å². The zero-order valence-corrected chi connectivity index (χ0v) is 8.20. The van der Waals surface area contributed by atoms with E-state index in [2.05, 4.69) is 0 Å². The first kappa shape index (κ1) is 10.2. The highest BCUT2D eigenvalue weighted by molar-refractivity contribution is 5.26. The summed E-state index contributed by atoms with van der Waals surface area (Å²) in [4.78, 5) is 0. The molecule has 1 rings (SSSR count). The zero-order chi connectivity index (χ0) is 10.0. The van der Waals surface area contributed by atoms with Gasteiger partial charge >= 0.3 is 0 Å². The van der Waals surface area contributed by atoms with Gasteiger partial charge in [0.15, 0.2) is 0 Å². The number of hydrogen-bond acceptors (Lipinski definition) is 0. The molecule has 13 heavy (non-hydrogen) atoms. The molecule has 0 radical (unpaired) electrons. The average Bonchev–Trinajstić information content (AvgIpc) is 2.05. The summed E-state index contributed by atoms with van der Waals surface area (Å²) >= 11 is 0. The lowest BCUT2D eigenvalue weighted by molar-refractivity contribution is 0.521. The molecule has 0 N–H and O–H groups in total. The van der Waals surface area contributed by atoms with E-state index in [1.807, 2.05) is 13.8 Å². The first-order chi connectivity index (χ1) is 6.02. The Morgan fingerprint density at radius 3 is 2.38 bits per heavy atom. The van der Waals surface area contributed by atoms with E-state index in [1.54, 1.807) is 6.92 Å². The van der Waals surface area contributed by atoms with Gasteiger partial charge in [-0.2, -0.15) is 0 Å². The van der Waals surface area contributed by atoms with Gasteiger partial charge in [-0.05, 0) is 30.9 Å². The smallest absolute Gasteiger partial charge is 0.132 e. The first-order valence-electron chi connectivity index (χ1n) is 4.46. The van der Waals surface area contributed by atoms with Crippen LogP contribution in [0.1, 0.15) is 25.0 Å². The van der Waals surface area contributed by atoms with Crippen molar-refractivity contribution < 1.29 is 8.78 Å². The van der Waals surface area contributed by atoms with Crippen LogP contribution in [0.15, 0.2) is 12.1 Å². The van der Waals surface area contributed by atoms with Gasteiger partial charge in [0.25, 0.3) is 0 Å². The summed E-state index contributed by atoms with van der Waals surface area (Å²) in [6.07, 6.45) is 0.458. The fraction of sp³-hybridized carbons (Fsp3) is 0.455. The Morgan fingerprint density at radius 1 is 1.23 bits per heavy atom. The standard InChI is InChI=1S/C11H14F2/c1-7(2)6-9-10(12)5-4-8(3)11(9)13/h4-5,7H,6H2,1-3H3. The lowest BCUT2D eigenvalue weighted by Gasteiger charge is -2.09. The summed E-state index contributed by atoms with van der Waals surface area (Å²) in [5.74, 6) is -0.559. The van der Waals surface area contributed by atoms with Crippen molar-refractivity contribution >= 4 is 0 Å². The molecule has 0 aromatic heterocycles. The van der Waals surface area contributed by atoms with Crippen molar-refractivity contribution in [3.05, 3.63) is 34.9 Å². The Kier molecular flexibility index (Phi) is 3.02. The zero-order valence-electron chi connectivity index (χ0n) is 8.20. The van der Waals surface area contributed by atoms with E-state index >= 15 is 0 Å². The summed E-state index contributed by atoms with van der Waals surface area (Å²) in [7, 11) is 0. The minimum atomic E-state index is -0.434. The molecular weight excluding hydrogens is 170 g/mol. The molecule has 0 unspecified atom stereocenters. The third-order valence-electron chi connectivity index (χ3n) is 1.99. The average molecular weight is 184 g/mol. The molecule has 0 spiro atoms. The van der Waals surface area contributed by atoms with E-state index in [4.69, 9.17) is 0 Å². The molecule has 0 atom stereocenters. The van der Waals surface area contributed by atoms with E-state index < -0.39 is 11.6 Å². The molecule has 2 heteroatoms. The van der Waals surface area contributed by atoms with Gasteiger partial charge in [0, 0.05) is 5.56 Å². The third-order valence-corrected chi connectivity index (χ3v) is 1.99. The van der Waals surface area contributed by atoms with Crippen molar-refractivity contribution in [2.75, 3.05) is 0 Å². The van der Waals surface area contributed by atoms with E-state index in [-0.39, 0.29) is 11.5 Å². The lowest BCUT2D eigenvalue weighted by Crippen LogP contribution is -2.02. The van der Waals surface area contributed by atoms with Crippen LogP contribution in [-0.2, 0) is 6.42 Å². The summed E-state index contributed by atoms with van der Waals surface area (Å²) in [6.45, 7) is 5.54. The molecule has 0 fully saturated rings. The molecule has 0 bridgehead atoms. The number of rotatable bonds is 2. The van der Waals surface area contributed by atoms with Crippen LogP contribution in [0.3, 0.4) is 0 Å². The van der Waals surface area contributed by atoms with Gasteiger partial charge in [-0.3, -0.25) is 0 Å². The van der Waals surface area contributed by atoms with Gasteiger partial charge in [-0.1, -0.05) is 19.9 Å². The van der Waals surface area contributed by atoms with Crippen molar-refractivity contribution in [2.45, 2.75) is 27.2 Å². The molecule has 1 aromatic carbocycles. The largest absolute Gasteiger partial charge is 0.207 e. The Balaban J connectivity index is 3.10. The maximum atomic E-state index is 13.4. The maximum absolute atomic E-state index is 13.4. The fourth-order valence-corrected chi connectivity index (χ4v) is 1.31. The molecule has 1 aromatic rings. The molecule has 0 heterocycles. The van der Waals surface area contributed by atoms with Crippen LogP contribution in [0.25, 0.3) is 0 Å². The van der Waals surface area contributed by atoms with Gasteiger partial charge in [0.2, 0.25) is 0 Å². The Bertz CT molecular complexity index is 303. The Hall–Kier alpha value is -0.920. The summed E-state index contributed by atoms with van der Waals surface area (Å²) in [5, 5.41) is 0. The summed E-state index contributed by atoms with van der Waals surface area (Å²) in [5.41, 5.74) is 0.729. The van der Waals surface area contributed by atoms with Crippen LogP contribution >= 0.6 is 0 Å². The molecule has 72 valence electrons. The van der Waals surface area contributed by atoms with Gasteiger partial charge in [0.1, 0.15) is 11.6 Å². The minimum Gasteiger partial charge on any atom is -0.207 e. The third kappa shape index (κ3) is 2.27. The predicted octanol–water partition coefficient (Wildman–Crippen LogP) is 3.47. The second-order valence-corrected chi connectivity index (χ2v) is 3.75. The van der Waals surface area contributed by atoms with E-state index in [9.17, 15) is 8.78 Å². The van der Waals surface area contributed by atoms with Crippen LogP contribution in [0, 0.1) is 24.5 Å². The number of halogens is 2. The summed E-state index contributed by atoms with van der Waals surface area (Å²) in [6, 6.07) is 2.80. The highest BCUT2D eigenvalue weighted by Gasteiger charge is 2.12. The number of aryl methyl sites for hydroxylation is 1. The van der Waals surface area contributed by atoms with Gasteiger partial charge in [-0.25, -0.2) is 8.78 Å². The van der Waals surface area contributed by atoms with Crippen molar-refractivity contribution in [3.63, 3.8) is 0 Å². The first-order valence-corrected chi connectivity index (χ1v) is 4.46. The van der Waals surface area contributed by atoms with Crippen LogP contribution in [0.2, 0.25) is 0 Å².